The van der Waals surface area contributed by atoms with Crippen LogP contribution in [0.25, 0.3) is 0 Å². The smallest absolute Gasteiger partial charge is 0.0950 e. The molecule has 1 aromatic heterocycles. The molecule has 3 nitrogen and oxygen atoms in total. The number of piperidine rings is 1. The molecule has 3 heteroatoms. The number of hydrogen-bond donors (Lipinski definition) is 1. The van der Waals surface area contributed by atoms with Gasteiger partial charge in [-0.15, -0.1) is 0 Å². The molecule has 2 aliphatic rings. The van der Waals surface area contributed by atoms with Crippen molar-refractivity contribution >= 4 is 0 Å². The Morgan fingerprint density at radius 3 is 2.53 bits per heavy atom. The number of aromatic nitrogens is 2. The zero-order valence-corrected chi connectivity index (χ0v) is 12.4. The van der Waals surface area contributed by atoms with E-state index in [1.165, 1.54) is 44.2 Å². The summed E-state index contributed by atoms with van der Waals surface area (Å²) in [5, 5.41) is 3.46. The van der Waals surface area contributed by atoms with Crippen LogP contribution in [-0.2, 0) is 0 Å². The lowest BCUT2D eigenvalue weighted by Gasteiger charge is -2.36. The summed E-state index contributed by atoms with van der Waals surface area (Å²) in [7, 11) is 0. The van der Waals surface area contributed by atoms with Crippen LogP contribution in [0.2, 0.25) is 0 Å². The van der Waals surface area contributed by atoms with Crippen LogP contribution in [0.15, 0.2) is 12.5 Å². The van der Waals surface area contributed by atoms with Crippen molar-refractivity contribution in [2.24, 2.45) is 5.41 Å². The fourth-order valence-corrected chi connectivity index (χ4v) is 3.72. The van der Waals surface area contributed by atoms with Crippen LogP contribution in [0.1, 0.15) is 70.0 Å². The first-order valence-corrected chi connectivity index (χ1v) is 7.88. The predicted octanol–water partition coefficient (Wildman–Crippen LogP) is 3.49. The maximum atomic E-state index is 4.45. The van der Waals surface area contributed by atoms with Crippen molar-refractivity contribution in [2.75, 3.05) is 13.1 Å². The molecule has 1 N–H and O–H groups in total. The third-order valence-electron chi connectivity index (χ3n) is 5.16. The molecule has 3 rings (SSSR count). The molecule has 0 bridgehead atoms. The molecule has 1 saturated carbocycles. The lowest BCUT2D eigenvalue weighted by molar-refractivity contribution is 0.190. The van der Waals surface area contributed by atoms with Crippen molar-refractivity contribution in [3.05, 3.63) is 18.2 Å². The summed E-state index contributed by atoms with van der Waals surface area (Å²) in [6.45, 7) is 7.14. The Balaban J connectivity index is 1.73. The Bertz CT molecular complexity index is 405. The molecule has 2 heterocycles. The van der Waals surface area contributed by atoms with Crippen LogP contribution in [0.5, 0.6) is 0 Å². The first-order valence-electron chi connectivity index (χ1n) is 7.88. The molecule has 0 aromatic carbocycles. The Labute approximate surface area is 116 Å². The molecule has 0 atom stereocenters. The standard InChI is InChI=1S/C16H27N3/c1-16(2)7-3-14(4-8-16)19-12-18-11-15(19)13-5-9-17-10-6-13/h11-14,17H,3-10H2,1-2H3. The second-order valence-electron chi connectivity index (χ2n) is 7.15. The lowest BCUT2D eigenvalue weighted by atomic mass is 9.75. The summed E-state index contributed by atoms with van der Waals surface area (Å²) in [6.07, 6.45) is 12.1. The van der Waals surface area contributed by atoms with Crippen molar-refractivity contribution in [3.63, 3.8) is 0 Å². The number of rotatable bonds is 2. The SMILES string of the molecule is CC1(C)CCC(n2cncc2C2CCNCC2)CC1. The summed E-state index contributed by atoms with van der Waals surface area (Å²) in [5.74, 6) is 0.721. The Morgan fingerprint density at radius 2 is 1.84 bits per heavy atom. The van der Waals surface area contributed by atoms with Crippen molar-refractivity contribution < 1.29 is 0 Å². The molecule has 0 spiro atoms. The van der Waals surface area contributed by atoms with E-state index in [1.54, 1.807) is 0 Å². The molecular weight excluding hydrogens is 234 g/mol. The molecule has 0 amide bonds. The molecule has 1 saturated heterocycles. The summed E-state index contributed by atoms with van der Waals surface area (Å²) >= 11 is 0. The molecule has 0 radical (unpaired) electrons. The van der Waals surface area contributed by atoms with Crippen molar-refractivity contribution in [1.29, 1.82) is 0 Å². The Kier molecular flexibility index (Phi) is 3.66. The molecule has 1 aromatic rings. The molecule has 19 heavy (non-hydrogen) atoms. The minimum absolute atomic E-state index is 0.548. The Morgan fingerprint density at radius 1 is 1.16 bits per heavy atom. The fraction of sp³-hybridized carbons (Fsp3) is 0.812. The maximum absolute atomic E-state index is 4.45. The summed E-state index contributed by atoms with van der Waals surface area (Å²) in [6, 6.07) is 0.695. The summed E-state index contributed by atoms with van der Waals surface area (Å²) < 4.78 is 2.51. The highest BCUT2D eigenvalue weighted by atomic mass is 15.1. The number of nitrogens with zero attached hydrogens (tertiary/aromatic N) is 2. The van der Waals surface area contributed by atoms with Crippen LogP contribution in [0.4, 0.5) is 0 Å². The van der Waals surface area contributed by atoms with Crippen molar-refractivity contribution in [1.82, 2.24) is 14.9 Å². The Hall–Kier alpha value is -0.830. The first kappa shape index (κ1) is 13.2. The molecule has 2 fully saturated rings. The van der Waals surface area contributed by atoms with E-state index in [0.29, 0.717) is 11.5 Å². The van der Waals surface area contributed by atoms with E-state index in [4.69, 9.17) is 0 Å². The highest BCUT2D eigenvalue weighted by Gasteiger charge is 2.29. The average Bonchev–Trinajstić information content (AvgIpc) is 2.89. The monoisotopic (exact) mass is 261 g/mol. The molecule has 106 valence electrons. The van der Waals surface area contributed by atoms with E-state index in [9.17, 15) is 0 Å². The number of imidazole rings is 1. The van der Waals surface area contributed by atoms with Gasteiger partial charge in [-0.25, -0.2) is 4.98 Å². The van der Waals surface area contributed by atoms with Crippen LogP contribution >= 0.6 is 0 Å². The van der Waals surface area contributed by atoms with Gasteiger partial charge in [-0.3, -0.25) is 0 Å². The van der Waals surface area contributed by atoms with Crippen molar-refractivity contribution in [2.45, 2.75) is 64.3 Å². The van der Waals surface area contributed by atoms with Gasteiger partial charge in [0.15, 0.2) is 0 Å². The molecule has 1 aliphatic heterocycles. The topological polar surface area (TPSA) is 29.9 Å². The van der Waals surface area contributed by atoms with Crippen molar-refractivity contribution in [3.8, 4) is 0 Å². The number of hydrogen-bond acceptors (Lipinski definition) is 2. The van der Waals surface area contributed by atoms with Gasteiger partial charge in [-0.1, -0.05) is 13.8 Å². The van der Waals surface area contributed by atoms with Gasteiger partial charge in [0.25, 0.3) is 0 Å². The highest BCUT2D eigenvalue weighted by molar-refractivity contribution is 5.09. The third-order valence-corrected chi connectivity index (χ3v) is 5.16. The quantitative estimate of drug-likeness (QED) is 0.883. The summed E-state index contributed by atoms with van der Waals surface area (Å²) in [4.78, 5) is 4.45. The van der Waals surface area contributed by atoms with Gasteiger partial charge in [0.2, 0.25) is 0 Å². The maximum Gasteiger partial charge on any atom is 0.0950 e. The highest BCUT2D eigenvalue weighted by Crippen LogP contribution is 2.41. The zero-order valence-electron chi connectivity index (χ0n) is 12.4. The molecular formula is C16H27N3. The number of nitrogens with one attached hydrogen (secondary N) is 1. The van der Waals surface area contributed by atoms with Gasteiger partial charge < -0.3 is 9.88 Å². The minimum atomic E-state index is 0.548. The van der Waals surface area contributed by atoms with E-state index >= 15 is 0 Å². The normalized spacial score (nSPS) is 25.6. The van der Waals surface area contributed by atoms with Gasteiger partial charge >= 0.3 is 0 Å². The van der Waals surface area contributed by atoms with E-state index in [2.05, 4.69) is 41.2 Å². The average molecular weight is 261 g/mol. The second-order valence-corrected chi connectivity index (χ2v) is 7.15. The lowest BCUT2D eigenvalue weighted by Crippen LogP contribution is -2.29. The van der Waals surface area contributed by atoms with Gasteiger partial charge in [0, 0.05) is 23.9 Å². The van der Waals surface area contributed by atoms with E-state index in [1.807, 2.05) is 0 Å². The van der Waals surface area contributed by atoms with Gasteiger partial charge in [-0.05, 0) is 57.0 Å². The van der Waals surface area contributed by atoms with E-state index < -0.39 is 0 Å². The van der Waals surface area contributed by atoms with Crippen LogP contribution < -0.4 is 5.32 Å². The van der Waals surface area contributed by atoms with E-state index in [-0.39, 0.29) is 0 Å². The first-order chi connectivity index (χ1) is 9.16. The minimum Gasteiger partial charge on any atom is -0.331 e. The molecule has 1 aliphatic carbocycles. The van der Waals surface area contributed by atoms with Crippen LogP contribution in [0.3, 0.4) is 0 Å². The zero-order chi connectivity index (χ0) is 13.3. The summed E-state index contributed by atoms with van der Waals surface area (Å²) in [5.41, 5.74) is 2.04. The van der Waals surface area contributed by atoms with Gasteiger partial charge in [-0.2, -0.15) is 0 Å². The second kappa shape index (κ2) is 5.28. The molecule has 0 unspecified atom stereocenters. The van der Waals surface area contributed by atoms with Crippen LogP contribution in [0, 0.1) is 5.41 Å². The van der Waals surface area contributed by atoms with E-state index in [0.717, 1.165) is 19.0 Å². The van der Waals surface area contributed by atoms with Gasteiger partial charge in [0.05, 0.1) is 6.33 Å². The predicted molar refractivity (Wildman–Crippen MR) is 78.4 cm³/mol. The largest absolute Gasteiger partial charge is 0.331 e. The van der Waals surface area contributed by atoms with Crippen LogP contribution in [-0.4, -0.2) is 22.6 Å². The fourth-order valence-electron chi connectivity index (χ4n) is 3.72. The third kappa shape index (κ3) is 2.86. The van der Waals surface area contributed by atoms with Gasteiger partial charge in [0.1, 0.15) is 0 Å².